The van der Waals surface area contributed by atoms with Gasteiger partial charge in [0, 0.05) is 38.5 Å². The molecule has 0 radical (unpaired) electrons. The molecule has 0 aliphatic carbocycles. The van der Waals surface area contributed by atoms with Crippen LogP contribution in [-0.4, -0.2) is 59.2 Å². The number of nitrogens with one attached hydrogen (secondary N) is 1. The van der Waals surface area contributed by atoms with Crippen molar-refractivity contribution >= 4 is 29.6 Å². The molecule has 118 valence electrons. The van der Waals surface area contributed by atoms with E-state index in [2.05, 4.69) is 57.9 Å². The molecule has 1 N–H and O–H groups in total. The van der Waals surface area contributed by atoms with E-state index in [9.17, 15) is 0 Å². The minimum absolute atomic E-state index is 0.524. The summed E-state index contributed by atoms with van der Waals surface area (Å²) in [6.45, 7) is 8.90. The predicted octanol–water partition coefficient (Wildman–Crippen LogP) is 2.09. The van der Waals surface area contributed by atoms with E-state index in [0.717, 1.165) is 37.3 Å². The highest BCUT2D eigenvalue weighted by Gasteiger charge is 2.23. The Labute approximate surface area is 131 Å². The van der Waals surface area contributed by atoms with Crippen molar-refractivity contribution in [1.29, 1.82) is 0 Å². The molecule has 1 saturated heterocycles. The van der Waals surface area contributed by atoms with Gasteiger partial charge in [-0.25, -0.2) is 0 Å². The second kappa shape index (κ2) is 7.68. The summed E-state index contributed by atoms with van der Waals surface area (Å²) in [5, 5.41) is 3.22. The molecule has 1 aromatic heterocycles. The third-order valence-corrected chi connectivity index (χ3v) is 4.91. The fourth-order valence-electron chi connectivity index (χ4n) is 2.39. The maximum absolute atomic E-state index is 4.68. The third-order valence-electron chi connectivity index (χ3n) is 3.76. The molecule has 2 rings (SSSR count). The normalized spacial score (nSPS) is 17.8. The van der Waals surface area contributed by atoms with Crippen LogP contribution in [0.3, 0.4) is 0 Å². The number of anilines is 3. The molecule has 1 atom stereocenters. The van der Waals surface area contributed by atoms with Crippen molar-refractivity contribution in [2.45, 2.75) is 33.2 Å². The average Bonchev–Trinajstić information content (AvgIpc) is 3.02. The highest BCUT2D eigenvalue weighted by atomic mass is 32.2. The van der Waals surface area contributed by atoms with Crippen molar-refractivity contribution in [3.63, 3.8) is 0 Å². The summed E-state index contributed by atoms with van der Waals surface area (Å²) in [4.78, 5) is 18.2. The molecule has 2 heterocycles. The minimum Gasteiger partial charge on any atom is -0.354 e. The first-order valence-corrected chi connectivity index (χ1v) is 8.90. The van der Waals surface area contributed by atoms with Gasteiger partial charge in [0.25, 0.3) is 0 Å². The van der Waals surface area contributed by atoms with Crippen molar-refractivity contribution in [3.05, 3.63) is 0 Å². The summed E-state index contributed by atoms with van der Waals surface area (Å²) in [6.07, 6.45) is 1.20. The Morgan fingerprint density at radius 3 is 2.43 bits per heavy atom. The Morgan fingerprint density at radius 2 is 1.86 bits per heavy atom. The van der Waals surface area contributed by atoms with E-state index in [1.807, 2.05) is 11.8 Å². The van der Waals surface area contributed by atoms with E-state index >= 15 is 0 Å². The Morgan fingerprint density at radius 1 is 1.14 bits per heavy atom. The topological polar surface area (TPSA) is 57.2 Å². The summed E-state index contributed by atoms with van der Waals surface area (Å²) in [5.74, 6) is 4.58. The molecule has 1 aliphatic heterocycles. The molecule has 1 fully saturated rings. The van der Waals surface area contributed by atoms with Crippen LogP contribution in [0.25, 0.3) is 0 Å². The summed E-state index contributed by atoms with van der Waals surface area (Å²) in [7, 11) is 2.09. The molecule has 0 bridgehead atoms. The van der Waals surface area contributed by atoms with Crippen molar-refractivity contribution in [2.24, 2.45) is 0 Å². The quantitative estimate of drug-likeness (QED) is 0.827. The van der Waals surface area contributed by atoms with Crippen molar-refractivity contribution in [3.8, 4) is 0 Å². The number of thioether (sulfide) groups is 1. The van der Waals surface area contributed by atoms with E-state index in [4.69, 9.17) is 0 Å². The number of nitrogens with zero attached hydrogens (tertiary/aromatic N) is 5. The first kappa shape index (κ1) is 16.1. The van der Waals surface area contributed by atoms with E-state index in [0.29, 0.717) is 12.0 Å². The molecule has 1 aliphatic rings. The molecular formula is C14H26N6S. The molecular weight excluding hydrogens is 284 g/mol. The molecule has 21 heavy (non-hydrogen) atoms. The lowest BCUT2D eigenvalue weighted by molar-refractivity contribution is 0.676. The summed E-state index contributed by atoms with van der Waals surface area (Å²) in [5.41, 5.74) is 0. The van der Waals surface area contributed by atoms with Gasteiger partial charge in [0.1, 0.15) is 0 Å². The molecule has 0 spiro atoms. The molecule has 7 heteroatoms. The van der Waals surface area contributed by atoms with Crippen LogP contribution in [0.2, 0.25) is 0 Å². The van der Waals surface area contributed by atoms with Crippen LogP contribution in [0.1, 0.15) is 27.2 Å². The molecule has 6 nitrogen and oxygen atoms in total. The second-order valence-electron chi connectivity index (χ2n) is 5.09. The lowest BCUT2D eigenvalue weighted by atomic mass is 10.2. The highest BCUT2D eigenvalue weighted by molar-refractivity contribution is 7.99. The van der Waals surface area contributed by atoms with Crippen LogP contribution < -0.4 is 15.1 Å². The Bertz CT molecular complexity index is 445. The number of rotatable bonds is 7. The van der Waals surface area contributed by atoms with Gasteiger partial charge < -0.3 is 15.1 Å². The van der Waals surface area contributed by atoms with E-state index in [1.54, 1.807) is 0 Å². The fourth-order valence-corrected chi connectivity index (χ4v) is 3.66. The molecule has 1 unspecified atom stereocenters. The van der Waals surface area contributed by atoms with Gasteiger partial charge in [-0.1, -0.05) is 0 Å². The first-order valence-electron chi connectivity index (χ1n) is 7.75. The lowest BCUT2D eigenvalue weighted by Gasteiger charge is -2.26. The van der Waals surface area contributed by atoms with Gasteiger partial charge >= 0.3 is 0 Å². The summed E-state index contributed by atoms with van der Waals surface area (Å²) >= 11 is 2.00. The Balaban J connectivity index is 2.29. The summed E-state index contributed by atoms with van der Waals surface area (Å²) in [6, 6.07) is 0.524. The van der Waals surface area contributed by atoms with Crippen LogP contribution in [0.4, 0.5) is 17.8 Å². The average molecular weight is 310 g/mol. The van der Waals surface area contributed by atoms with Crippen molar-refractivity contribution < 1.29 is 0 Å². The van der Waals surface area contributed by atoms with Gasteiger partial charge in [0.05, 0.1) is 0 Å². The van der Waals surface area contributed by atoms with Crippen molar-refractivity contribution in [1.82, 2.24) is 15.0 Å². The van der Waals surface area contributed by atoms with E-state index in [1.165, 1.54) is 12.2 Å². The van der Waals surface area contributed by atoms with Crippen LogP contribution in [0, 0.1) is 0 Å². The predicted molar refractivity (Wildman–Crippen MR) is 91.7 cm³/mol. The zero-order chi connectivity index (χ0) is 15.2. The Kier molecular flexibility index (Phi) is 5.90. The van der Waals surface area contributed by atoms with Gasteiger partial charge in [-0.15, -0.1) is 0 Å². The van der Waals surface area contributed by atoms with Crippen molar-refractivity contribution in [2.75, 3.05) is 53.3 Å². The van der Waals surface area contributed by atoms with E-state index in [-0.39, 0.29) is 0 Å². The first-order chi connectivity index (χ1) is 10.2. The SMILES string of the molecule is CCNc1nc(N(CC)CC)nc(N(C)C2CCSC2)n1. The highest BCUT2D eigenvalue weighted by Crippen LogP contribution is 2.25. The van der Waals surface area contributed by atoms with Crippen LogP contribution in [0.5, 0.6) is 0 Å². The van der Waals surface area contributed by atoms with Crippen LogP contribution >= 0.6 is 11.8 Å². The van der Waals surface area contributed by atoms with Gasteiger partial charge in [0.2, 0.25) is 17.8 Å². The van der Waals surface area contributed by atoms with Gasteiger partial charge in [-0.2, -0.15) is 26.7 Å². The largest absolute Gasteiger partial charge is 0.354 e. The zero-order valence-electron chi connectivity index (χ0n) is 13.5. The lowest BCUT2D eigenvalue weighted by Crippen LogP contribution is -2.34. The summed E-state index contributed by atoms with van der Waals surface area (Å²) < 4.78 is 0. The maximum atomic E-state index is 4.68. The number of aromatic nitrogens is 3. The number of hydrogen-bond acceptors (Lipinski definition) is 7. The van der Waals surface area contributed by atoms with Gasteiger partial charge in [-0.3, -0.25) is 0 Å². The fraction of sp³-hybridized carbons (Fsp3) is 0.786. The van der Waals surface area contributed by atoms with Crippen LogP contribution in [-0.2, 0) is 0 Å². The zero-order valence-corrected chi connectivity index (χ0v) is 14.3. The number of hydrogen-bond donors (Lipinski definition) is 1. The Hall–Kier alpha value is -1.24. The molecule has 0 amide bonds. The second-order valence-corrected chi connectivity index (χ2v) is 6.24. The molecule has 0 saturated carbocycles. The van der Waals surface area contributed by atoms with Crippen LogP contribution in [0.15, 0.2) is 0 Å². The smallest absolute Gasteiger partial charge is 0.231 e. The standard InChI is InChI=1S/C14H26N6S/c1-5-15-12-16-13(19(4)11-8-9-21-10-11)18-14(17-12)20(6-2)7-3/h11H,5-10H2,1-4H3,(H,15,16,17,18). The maximum Gasteiger partial charge on any atom is 0.231 e. The van der Waals surface area contributed by atoms with Gasteiger partial charge in [0.15, 0.2) is 0 Å². The molecule has 0 aromatic carbocycles. The van der Waals surface area contributed by atoms with E-state index < -0.39 is 0 Å². The monoisotopic (exact) mass is 310 g/mol. The van der Waals surface area contributed by atoms with Gasteiger partial charge in [-0.05, 0) is 32.9 Å². The molecule has 1 aromatic rings. The third kappa shape index (κ3) is 3.90. The minimum atomic E-state index is 0.524.